The van der Waals surface area contributed by atoms with Crippen molar-refractivity contribution in [1.29, 1.82) is 0 Å². The van der Waals surface area contributed by atoms with E-state index in [0.29, 0.717) is 11.1 Å². The molecule has 0 aliphatic heterocycles. The molecule has 0 radical (unpaired) electrons. The van der Waals surface area contributed by atoms with E-state index in [-0.39, 0.29) is 0 Å². The predicted octanol–water partition coefficient (Wildman–Crippen LogP) is 5.41. The molecule has 0 N–H and O–H groups in total. The fourth-order valence-electron chi connectivity index (χ4n) is 2.07. The zero-order valence-electron chi connectivity index (χ0n) is 12.3. The molecular weight excluding hydrogens is 360 g/mol. The van der Waals surface area contributed by atoms with Gasteiger partial charge in [0.15, 0.2) is 0 Å². The van der Waals surface area contributed by atoms with Crippen molar-refractivity contribution in [2.75, 3.05) is 0 Å². The molecule has 0 amide bonds. The summed E-state index contributed by atoms with van der Waals surface area (Å²) in [5.74, 6) is 1.38. The van der Waals surface area contributed by atoms with Crippen LogP contribution < -0.4 is 0 Å². The van der Waals surface area contributed by atoms with Crippen molar-refractivity contribution >= 4 is 27.7 Å². The summed E-state index contributed by atoms with van der Waals surface area (Å²) in [5.41, 5.74) is 4.77. The maximum absolute atomic E-state index is 5.73. The molecule has 0 saturated carbocycles. The van der Waals surface area contributed by atoms with Crippen LogP contribution in [0, 0.1) is 13.8 Å². The molecule has 0 bridgehead atoms. The van der Waals surface area contributed by atoms with Crippen LogP contribution in [0.25, 0.3) is 11.5 Å². The first kappa shape index (κ1) is 15.3. The van der Waals surface area contributed by atoms with Crippen molar-refractivity contribution in [2.45, 2.75) is 24.8 Å². The van der Waals surface area contributed by atoms with Gasteiger partial charge in [-0.1, -0.05) is 51.5 Å². The van der Waals surface area contributed by atoms with Crippen LogP contribution in [-0.2, 0) is 5.75 Å². The van der Waals surface area contributed by atoms with Gasteiger partial charge in [0.1, 0.15) is 0 Å². The molecule has 0 unspecified atom stereocenters. The van der Waals surface area contributed by atoms with Crippen molar-refractivity contribution in [3.8, 4) is 11.5 Å². The number of aryl methyl sites for hydroxylation is 2. The second kappa shape index (κ2) is 6.67. The summed E-state index contributed by atoms with van der Waals surface area (Å²) in [6, 6.07) is 14.3. The standard InChI is InChI=1S/C17H15BrN2OS/c1-11-3-4-12(2)14(9-11)10-22-17-20-19-16(21-17)13-5-7-15(18)8-6-13/h3-9H,10H2,1-2H3. The number of halogens is 1. The Bertz CT molecular complexity index is 784. The van der Waals surface area contributed by atoms with Gasteiger partial charge in [-0.2, -0.15) is 0 Å². The SMILES string of the molecule is Cc1ccc(C)c(CSc2nnc(-c3ccc(Br)cc3)o2)c1. The fraction of sp³-hybridized carbons (Fsp3) is 0.176. The van der Waals surface area contributed by atoms with Gasteiger partial charge < -0.3 is 4.42 Å². The van der Waals surface area contributed by atoms with Gasteiger partial charge >= 0.3 is 0 Å². The molecule has 5 heteroatoms. The second-order valence-corrected chi connectivity index (χ2v) is 6.94. The first-order valence-corrected chi connectivity index (χ1v) is 8.68. The van der Waals surface area contributed by atoms with E-state index in [1.165, 1.54) is 16.7 Å². The molecule has 22 heavy (non-hydrogen) atoms. The summed E-state index contributed by atoms with van der Waals surface area (Å²) >= 11 is 4.98. The summed E-state index contributed by atoms with van der Waals surface area (Å²) in [6.45, 7) is 4.22. The molecule has 0 atom stereocenters. The molecule has 3 nitrogen and oxygen atoms in total. The van der Waals surface area contributed by atoms with Crippen molar-refractivity contribution in [1.82, 2.24) is 10.2 Å². The average molecular weight is 375 g/mol. The number of nitrogens with zero attached hydrogens (tertiary/aromatic N) is 2. The van der Waals surface area contributed by atoms with E-state index in [2.05, 4.69) is 58.2 Å². The number of rotatable bonds is 4. The summed E-state index contributed by atoms with van der Waals surface area (Å²) in [4.78, 5) is 0. The lowest BCUT2D eigenvalue weighted by Crippen LogP contribution is -1.87. The van der Waals surface area contributed by atoms with Crippen molar-refractivity contribution in [3.05, 3.63) is 63.6 Å². The molecular formula is C17H15BrN2OS. The van der Waals surface area contributed by atoms with Crippen molar-refractivity contribution in [2.24, 2.45) is 0 Å². The van der Waals surface area contributed by atoms with Crippen LogP contribution in [0.3, 0.4) is 0 Å². The number of thioether (sulfide) groups is 1. The molecule has 0 spiro atoms. The Morgan fingerprint density at radius 3 is 2.59 bits per heavy atom. The Balaban J connectivity index is 1.72. The molecule has 3 aromatic rings. The zero-order chi connectivity index (χ0) is 15.5. The Morgan fingerprint density at radius 2 is 1.82 bits per heavy atom. The highest BCUT2D eigenvalue weighted by molar-refractivity contribution is 9.10. The molecule has 112 valence electrons. The number of hydrogen-bond acceptors (Lipinski definition) is 4. The van der Waals surface area contributed by atoms with Gasteiger partial charge in [-0.05, 0) is 49.2 Å². The van der Waals surface area contributed by atoms with Crippen molar-refractivity contribution < 1.29 is 4.42 Å². The smallest absolute Gasteiger partial charge is 0.277 e. The zero-order valence-corrected chi connectivity index (χ0v) is 14.7. The van der Waals surface area contributed by atoms with E-state index in [0.717, 1.165) is 15.8 Å². The van der Waals surface area contributed by atoms with E-state index in [9.17, 15) is 0 Å². The van der Waals surface area contributed by atoms with E-state index in [4.69, 9.17) is 4.42 Å². The normalized spacial score (nSPS) is 10.9. The van der Waals surface area contributed by atoms with Gasteiger partial charge in [-0.25, -0.2) is 0 Å². The maximum Gasteiger partial charge on any atom is 0.277 e. The van der Waals surface area contributed by atoms with Crippen molar-refractivity contribution in [3.63, 3.8) is 0 Å². The fourth-order valence-corrected chi connectivity index (χ4v) is 3.16. The Kier molecular flexibility index (Phi) is 4.64. The number of benzene rings is 2. The molecule has 3 rings (SSSR count). The Morgan fingerprint density at radius 1 is 1.05 bits per heavy atom. The van der Waals surface area contributed by atoms with Gasteiger partial charge in [0.25, 0.3) is 5.22 Å². The van der Waals surface area contributed by atoms with E-state index in [1.807, 2.05) is 24.3 Å². The average Bonchev–Trinajstić information content (AvgIpc) is 2.98. The minimum absolute atomic E-state index is 0.552. The molecule has 2 aromatic carbocycles. The van der Waals surface area contributed by atoms with Crippen LogP contribution in [0.4, 0.5) is 0 Å². The minimum Gasteiger partial charge on any atom is -0.411 e. The lowest BCUT2D eigenvalue weighted by atomic mass is 10.1. The summed E-state index contributed by atoms with van der Waals surface area (Å²) in [6.07, 6.45) is 0. The Labute approximate surface area is 142 Å². The third-order valence-electron chi connectivity index (χ3n) is 3.35. The molecule has 0 aliphatic carbocycles. The largest absolute Gasteiger partial charge is 0.411 e. The summed E-state index contributed by atoms with van der Waals surface area (Å²) in [7, 11) is 0. The lowest BCUT2D eigenvalue weighted by Gasteiger charge is -2.04. The van der Waals surface area contributed by atoms with Crippen LogP contribution >= 0.6 is 27.7 Å². The van der Waals surface area contributed by atoms with E-state index < -0.39 is 0 Å². The quantitative estimate of drug-likeness (QED) is 0.572. The van der Waals surface area contributed by atoms with Crippen LogP contribution in [0.2, 0.25) is 0 Å². The third kappa shape index (κ3) is 3.59. The van der Waals surface area contributed by atoms with E-state index in [1.54, 1.807) is 11.8 Å². The van der Waals surface area contributed by atoms with E-state index >= 15 is 0 Å². The molecule has 0 aliphatic rings. The molecule has 1 heterocycles. The Hall–Kier alpha value is -1.59. The predicted molar refractivity (Wildman–Crippen MR) is 92.9 cm³/mol. The molecule has 0 saturated heterocycles. The second-order valence-electron chi connectivity index (χ2n) is 5.10. The molecule has 0 fully saturated rings. The first-order chi connectivity index (χ1) is 10.6. The van der Waals surface area contributed by atoms with Crippen LogP contribution in [-0.4, -0.2) is 10.2 Å². The van der Waals surface area contributed by atoms with Gasteiger partial charge in [0, 0.05) is 15.8 Å². The molecule has 1 aromatic heterocycles. The third-order valence-corrected chi connectivity index (χ3v) is 4.75. The minimum atomic E-state index is 0.552. The summed E-state index contributed by atoms with van der Waals surface area (Å²) < 4.78 is 6.75. The summed E-state index contributed by atoms with van der Waals surface area (Å²) in [5, 5.41) is 8.83. The number of hydrogen-bond donors (Lipinski definition) is 0. The van der Waals surface area contributed by atoms with Crippen LogP contribution in [0.5, 0.6) is 0 Å². The van der Waals surface area contributed by atoms with Gasteiger partial charge in [0.2, 0.25) is 5.89 Å². The lowest BCUT2D eigenvalue weighted by molar-refractivity contribution is 0.466. The highest BCUT2D eigenvalue weighted by Crippen LogP contribution is 2.27. The highest BCUT2D eigenvalue weighted by atomic mass is 79.9. The van der Waals surface area contributed by atoms with Gasteiger partial charge in [-0.3, -0.25) is 0 Å². The van der Waals surface area contributed by atoms with Gasteiger partial charge in [0.05, 0.1) is 0 Å². The van der Waals surface area contributed by atoms with Crippen LogP contribution in [0.15, 0.2) is 56.6 Å². The first-order valence-electron chi connectivity index (χ1n) is 6.90. The number of aromatic nitrogens is 2. The highest BCUT2D eigenvalue weighted by Gasteiger charge is 2.10. The monoisotopic (exact) mass is 374 g/mol. The topological polar surface area (TPSA) is 38.9 Å². The maximum atomic E-state index is 5.73. The van der Waals surface area contributed by atoms with Crippen LogP contribution in [0.1, 0.15) is 16.7 Å². The van der Waals surface area contributed by atoms with Gasteiger partial charge in [-0.15, -0.1) is 10.2 Å².